The first-order valence-electron chi connectivity index (χ1n) is 7.87. The number of likely N-dealkylation sites (tertiary alicyclic amines) is 1. The second kappa shape index (κ2) is 8.11. The molecule has 1 aliphatic heterocycles. The summed E-state index contributed by atoms with van der Waals surface area (Å²) >= 11 is 5.89. The number of anilines is 1. The Hall–Kier alpha value is -2.41. The van der Waals surface area contributed by atoms with Gasteiger partial charge in [0.15, 0.2) is 6.10 Å². The fraction of sp³-hybridized carbons (Fsp3) is 0.412. The first-order chi connectivity index (χ1) is 11.8. The number of carbonyl (C=O) groups excluding carboxylic acids is 4. The van der Waals surface area contributed by atoms with Crippen molar-refractivity contribution in [2.45, 2.75) is 39.2 Å². The molecule has 1 unspecified atom stereocenters. The number of rotatable bonds is 6. The van der Waals surface area contributed by atoms with Crippen LogP contribution in [0.15, 0.2) is 18.2 Å². The van der Waals surface area contributed by atoms with Crippen molar-refractivity contribution in [2.75, 3.05) is 11.9 Å². The number of nitrogens with zero attached hydrogens (tertiary/aromatic N) is 1. The van der Waals surface area contributed by atoms with Crippen LogP contribution in [0, 0.1) is 6.92 Å². The third-order valence-corrected chi connectivity index (χ3v) is 4.06. The lowest BCUT2D eigenvalue weighted by atomic mass is 10.2. The lowest BCUT2D eigenvalue weighted by Crippen LogP contribution is -2.34. The van der Waals surface area contributed by atoms with E-state index in [0.717, 1.165) is 10.5 Å². The van der Waals surface area contributed by atoms with Gasteiger partial charge in [-0.2, -0.15) is 0 Å². The lowest BCUT2D eigenvalue weighted by molar-refractivity contribution is -0.154. The van der Waals surface area contributed by atoms with E-state index >= 15 is 0 Å². The lowest BCUT2D eigenvalue weighted by Gasteiger charge is -2.16. The number of hydrogen-bond acceptors (Lipinski definition) is 5. The highest BCUT2D eigenvalue weighted by Gasteiger charge is 2.29. The van der Waals surface area contributed by atoms with E-state index < -0.39 is 18.0 Å². The van der Waals surface area contributed by atoms with E-state index in [1.165, 1.54) is 6.92 Å². The molecule has 1 fully saturated rings. The van der Waals surface area contributed by atoms with Crippen LogP contribution >= 0.6 is 11.6 Å². The Morgan fingerprint density at radius 3 is 2.56 bits per heavy atom. The number of carbonyl (C=O) groups is 4. The molecule has 0 radical (unpaired) electrons. The van der Waals surface area contributed by atoms with Gasteiger partial charge >= 0.3 is 5.97 Å². The Kier molecular flexibility index (Phi) is 6.14. The van der Waals surface area contributed by atoms with Gasteiger partial charge in [0.05, 0.1) is 6.42 Å². The summed E-state index contributed by atoms with van der Waals surface area (Å²) in [6, 6.07) is 5.07. The molecule has 134 valence electrons. The molecule has 1 aromatic carbocycles. The minimum Gasteiger partial charge on any atom is -0.452 e. The summed E-state index contributed by atoms with van der Waals surface area (Å²) in [6.07, 6.45) is -0.821. The summed E-state index contributed by atoms with van der Waals surface area (Å²) < 4.78 is 5.05. The molecular formula is C17H19ClN2O5. The van der Waals surface area contributed by atoms with Crippen LogP contribution in [-0.4, -0.2) is 41.2 Å². The third-order valence-electron chi connectivity index (χ3n) is 3.83. The molecule has 0 saturated carbocycles. The zero-order valence-corrected chi connectivity index (χ0v) is 14.8. The summed E-state index contributed by atoms with van der Waals surface area (Å²) in [7, 11) is 0. The Labute approximate surface area is 150 Å². The van der Waals surface area contributed by atoms with E-state index in [-0.39, 0.29) is 37.6 Å². The summed E-state index contributed by atoms with van der Waals surface area (Å²) in [4.78, 5) is 47.9. The first-order valence-corrected chi connectivity index (χ1v) is 8.25. The van der Waals surface area contributed by atoms with Gasteiger partial charge in [0.2, 0.25) is 11.8 Å². The topological polar surface area (TPSA) is 92.8 Å². The van der Waals surface area contributed by atoms with Gasteiger partial charge in [-0.3, -0.25) is 24.1 Å². The van der Waals surface area contributed by atoms with Crippen molar-refractivity contribution in [1.29, 1.82) is 0 Å². The van der Waals surface area contributed by atoms with E-state index in [9.17, 15) is 19.2 Å². The largest absolute Gasteiger partial charge is 0.452 e. The number of halogens is 1. The van der Waals surface area contributed by atoms with E-state index in [1.807, 2.05) is 6.92 Å². The Morgan fingerprint density at radius 1 is 1.28 bits per heavy atom. The molecule has 3 amide bonds. The maximum Gasteiger partial charge on any atom is 0.308 e. The van der Waals surface area contributed by atoms with Gasteiger partial charge < -0.3 is 10.1 Å². The maximum absolute atomic E-state index is 12.1. The van der Waals surface area contributed by atoms with Crippen molar-refractivity contribution in [3.8, 4) is 0 Å². The highest BCUT2D eigenvalue weighted by atomic mass is 35.5. The molecular weight excluding hydrogens is 348 g/mol. The molecule has 0 bridgehead atoms. The van der Waals surface area contributed by atoms with E-state index in [4.69, 9.17) is 16.3 Å². The molecule has 0 aliphatic carbocycles. The van der Waals surface area contributed by atoms with Gasteiger partial charge in [-0.05, 0) is 31.5 Å². The first kappa shape index (κ1) is 18.9. The predicted octanol–water partition coefficient (Wildman–Crippen LogP) is 2.06. The highest BCUT2D eigenvalue weighted by molar-refractivity contribution is 6.31. The second-order valence-electron chi connectivity index (χ2n) is 5.77. The number of hydrogen-bond donors (Lipinski definition) is 1. The zero-order valence-electron chi connectivity index (χ0n) is 14.0. The molecule has 1 heterocycles. The predicted molar refractivity (Wildman–Crippen MR) is 90.9 cm³/mol. The third kappa shape index (κ3) is 5.03. The van der Waals surface area contributed by atoms with Crippen molar-refractivity contribution in [1.82, 2.24) is 4.90 Å². The van der Waals surface area contributed by atoms with Crippen molar-refractivity contribution >= 4 is 41.0 Å². The Bertz CT molecular complexity index is 703. The summed E-state index contributed by atoms with van der Waals surface area (Å²) in [5.74, 6) is -1.73. The van der Waals surface area contributed by atoms with Gasteiger partial charge in [0.1, 0.15) is 0 Å². The number of aryl methyl sites for hydroxylation is 1. The van der Waals surface area contributed by atoms with E-state index in [1.54, 1.807) is 18.2 Å². The van der Waals surface area contributed by atoms with Crippen molar-refractivity contribution in [3.05, 3.63) is 28.8 Å². The number of nitrogens with one attached hydrogen (secondary N) is 1. The molecule has 2 rings (SSSR count). The average Bonchev–Trinajstić information content (AvgIpc) is 2.87. The van der Waals surface area contributed by atoms with Crippen molar-refractivity contribution < 1.29 is 23.9 Å². The minimum absolute atomic E-state index is 0.0295. The van der Waals surface area contributed by atoms with Crippen LogP contribution in [0.4, 0.5) is 5.69 Å². The van der Waals surface area contributed by atoms with Gasteiger partial charge in [-0.25, -0.2) is 0 Å². The standard InChI is InChI=1S/C17H19ClN2O5/c1-10-3-4-12(18)9-13(10)19-17(24)11(2)25-16(23)7-8-20-14(21)5-6-15(20)22/h3-4,9,11H,5-8H2,1-2H3,(H,19,24). The Morgan fingerprint density at radius 2 is 1.92 bits per heavy atom. The zero-order chi connectivity index (χ0) is 18.6. The fourth-order valence-electron chi connectivity index (χ4n) is 2.35. The highest BCUT2D eigenvalue weighted by Crippen LogP contribution is 2.20. The molecule has 1 aliphatic rings. The monoisotopic (exact) mass is 366 g/mol. The van der Waals surface area contributed by atoms with Crippen LogP contribution in [0.5, 0.6) is 0 Å². The molecule has 1 N–H and O–H groups in total. The van der Waals surface area contributed by atoms with Gasteiger partial charge in [0, 0.05) is 30.1 Å². The number of amides is 3. The number of benzene rings is 1. The summed E-state index contributed by atoms with van der Waals surface area (Å²) in [5.41, 5.74) is 1.36. The molecule has 0 spiro atoms. The van der Waals surface area contributed by atoms with Crippen LogP contribution < -0.4 is 5.32 Å². The van der Waals surface area contributed by atoms with E-state index in [2.05, 4.69) is 5.32 Å². The van der Waals surface area contributed by atoms with E-state index in [0.29, 0.717) is 10.7 Å². The molecule has 1 aromatic rings. The molecule has 1 saturated heterocycles. The molecule has 8 heteroatoms. The van der Waals surface area contributed by atoms with Crippen LogP contribution in [0.2, 0.25) is 5.02 Å². The quantitative estimate of drug-likeness (QED) is 0.614. The SMILES string of the molecule is Cc1ccc(Cl)cc1NC(=O)C(C)OC(=O)CCN1C(=O)CCC1=O. The second-order valence-corrected chi connectivity index (χ2v) is 6.21. The number of imide groups is 1. The van der Waals surface area contributed by atoms with Gasteiger partial charge in [-0.1, -0.05) is 17.7 Å². The van der Waals surface area contributed by atoms with Crippen LogP contribution in [-0.2, 0) is 23.9 Å². The van der Waals surface area contributed by atoms with Crippen LogP contribution in [0.3, 0.4) is 0 Å². The summed E-state index contributed by atoms with van der Waals surface area (Å²) in [6.45, 7) is 3.23. The van der Waals surface area contributed by atoms with Crippen molar-refractivity contribution in [3.63, 3.8) is 0 Å². The molecule has 0 aromatic heterocycles. The summed E-state index contributed by atoms with van der Waals surface area (Å²) in [5, 5.41) is 3.13. The van der Waals surface area contributed by atoms with Crippen molar-refractivity contribution in [2.24, 2.45) is 0 Å². The average molecular weight is 367 g/mol. The van der Waals surface area contributed by atoms with Gasteiger partial charge in [0.25, 0.3) is 5.91 Å². The normalized spacial score (nSPS) is 15.2. The number of esters is 1. The fourth-order valence-corrected chi connectivity index (χ4v) is 2.52. The molecule has 1 atom stereocenters. The van der Waals surface area contributed by atoms with Crippen LogP contribution in [0.1, 0.15) is 31.7 Å². The maximum atomic E-state index is 12.1. The van der Waals surface area contributed by atoms with Gasteiger partial charge in [-0.15, -0.1) is 0 Å². The number of ether oxygens (including phenoxy) is 1. The minimum atomic E-state index is -1.02. The smallest absolute Gasteiger partial charge is 0.308 e. The Balaban J connectivity index is 1.83. The molecule has 7 nitrogen and oxygen atoms in total. The van der Waals surface area contributed by atoms with Crippen LogP contribution in [0.25, 0.3) is 0 Å². The molecule has 25 heavy (non-hydrogen) atoms.